The van der Waals surface area contributed by atoms with Crippen molar-refractivity contribution in [2.24, 2.45) is 0 Å². The van der Waals surface area contributed by atoms with Crippen molar-refractivity contribution in [3.63, 3.8) is 0 Å². The predicted molar refractivity (Wildman–Crippen MR) is 103 cm³/mol. The summed E-state index contributed by atoms with van der Waals surface area (Å²) in [4.78, 5) is 12.2. The number of nitrogens with zero attached hydrogens (tertiary/aromatic N) is 1. The van der Waals surface area contributed by atoms with Gasteiger partial charge in [-0.1, -0.05) is 35.6 Å². The number of hydrogen-bond acceptors (Lipinski definition) is 2. The van der Waals surface area contributed by atoms with Crippen LogP contribution in [0.3, 0.4) is 0 Å². The summed E-state index contributed by atoms with van der Waals surface area (Å²) < 4.78 is 8.87. The molecule has 0 saturated carbocycles. The Hall–Kier alpha value is -0.848. The molecule has 0 aliphatic carbocycles. The van der Waals surface area contributed by atoms with Gasteiger partial charge in [0.2, 0.25) is 0 Å². The van der Waals surface area contributed by atoms with Gasteiger partial charge in [0.25, 0.3) is 0 Å². The Morgan fingerprint density at radius 1 is 1.35 bits per heavy atom. The molecule has 3 nitrogen and oxygen atoms in total. The van der Waals surface area contributed by atoms with Gasteiger partial charge in [-0.25, -0.2) is 0 Å². The van der Waals surface area contributed by atoms with Gasteiger partial charge in [0.1, 0.15) is 6.73 Å². The van der Waals surface area contributed by atoms with E-state index in [1.54, 1.807) is 0 Å². The van der Waals surface area contributed by atoms with Crippen LogP contribution >= 0.6 is 15.9 Å². The number of ketones is 1. The summed E-state index contributed by atoms with van der Waals surface area (Å²) >= 11 is 3.58. The van der Waals surface area contributed by atoms with Gasteiger partial charge in [-0.2, -0.15) is 0 Å². The molecule has 0 unspecified atom stereocenters. The summed E-state index contributed by atoms with van der Waals surface area (Å²) in [7, 11) is 4.46. The minimum Gasteiger partial charge on any atom is -0.361 e. The van der Waals surface area contributed by atoms with E-state index in [9.17, 15) is 4.79 Å². The number of halogens is 1. The summed E-state index contributed by atoms with van der Waals surface area (Å²) in [6.07, 6.45) is 2.05. The van der Waals surface area contributed by atoms with Crippen LogP contribution in [0.15, 0.2) is 22.8 Å². The topological polar surface area (TPSA) is 31.2 Å². The van der Waals surface area contributed by atoms with Gasteiger partial charge in [0.15, 0.2) is 5.78 Å². The number of fused-ring (bicyclic) bond motifs is 1. The lowest BCUT2D eigenvalue weighted by atomic mass is 9.94. The molecule has 0 spiro atoms. The molecule has 0 aliphatic rings. The van der Waals surface area contributed by atoms with Gasteiger partial charge in [-0.3, -0.25) is 4.79 Å². The molecule has 1 aromatic carbocycles. The first-order valence-electron chi connectivity index (χ1n) is 7.83. The summed E-state index contributed by atoms with van der Waals surface area (Å²) in [5.41, 5.74) is 2.68. The van der Waals surface area contributed by atoms with E-state index in [4.69, 9.17) is 12.6 Å². The van der Waals surface area contributed by atoms with E-state index >= 15 is 0 Å². The molecule has 6 heteroatoms. The molecule has 0 atom stereocenters. The van der Waals surface area contributed by atoms with Crippen LogP contribution in [-0.4, -0.2) is 32.9 Å². The number of rotatable bonds is 7. The van der Waals surface area contributed by atoms with Crippen LogP contribution in [0.1, 0.15) is 15.9 Å². The van der Waals surface area contributed by atoms with E-state index in [0.717, 1.165) is 33.6 Å². The number of aromatic nitrogens is 1. The van der Waals surface area contributed by atoms with Crippen molar-refractivity contribution in [1.82, 2.24) is 4.57 Å². The lowest BCUT2D eigenvalue weighted by Crippen LogP contribution is -2.22. The zero-order chi connectivity index (χ0) is 17.2. The van der Waals surface area contributed by atoms with Gasteiger partial charge in [0, 0.05) is 36.3 Å². The second-order valence-corrected chi connectivity index (χ2v) is 13.6. The molecule has 0 aliphatic heterocycles. The van der Waals surface area contributed by atoms with Gasteiger partial charge in [-0.05, 0) is 37.0 Å². The van der Waals surface area contributed by atoms with Crippen LogP contribution in [0.25, 0.3) is 10.9 Å². The lowest BCUT2D eigenvalue weighted by Gasteiger charge is -2.16. The van der Waals surface area contributed by atoms with Crippen molar-refractivity contribution in [1.29, 1.82) is 0 Å². The number of ether oxygens (including phenoxy) is 1. The molecule has 23 heavy (non-hydrogen) atoms. The molecule has 2 radical (unpaired) electrons. The van der Waals surface area contributed by atoms with Gasteiger partial charge >= 0.3 is 0 Å². The third-order valence-electron chi connectivity index (χ3n) is 3.87. The van der Waals surface area contributed by atoms with Crippen molar-refractivity contribution < 1.29 is 9.53 Å². The first-order valence-corrected chi connectivity index (χ1v) is 12.3. The average Bonchev–Trinajstić information content (AvgIpc) is 2.80. The number of carbonyl (C=O) groups excluding carboxylic acids is 1. The normalized spacial score (nSPS) is 12.0. The van der Waals surface area contributed by atoms with Crippen molar-refractivity contribution >= 4 is 48.5 Å². The fraction of sp³-hybridized carbons (Fsp3) is 0.471. The highest BCUT2D eigenvalue weighted by Crippen LogP contribution is 2.32. The van der Waals surface area contributed by atoms with Crippen LogP contribution < -0.4 is 0 Å². The first kappa shape index (κ1) is 18.5. The predicted octanol–water partition coefficient (Wildman–Crippen LogP) is 4.79. The Balaban J connectivity index is 2.33. The van der Waals surface area contributed by atoms with E-state index in [0.29, 0.717) is 12.3 Å². The molecule has 122 valence electrons. The Bertz CT molecular complexity index is 721. The minimum atomic E-state index is -1.10. The molecule has 1 heterocycles. The molecule has 1 aromatic heterocycles. The average molecular weight is 392 g/mol. The number of carbonyl (C=O) groups is 1. The van der Waals surface area contributed by atoms with Crippen molar-refractivity contribution in [3.8, 4) is 0 Å². The standard InChI is InChI=1S/C17H23BBrNO2Si/c1-12-10-20(11-22-7-8-23(2,3)4)17-13(15(21)9-18)5-6-14(19)16(12)17/h5-6,10H,7-9,11H2,1-4H3. The lowest BCUT2D eigenvalue weighted by molar-refractivity contribution is 0.0898. The van der Waals surface area contributed by atoms with Gasteiger partial charge < -0.3 is 9.30 Å². The molecular weight excluding hydrogens is 369 g/mol. The Labute approximate surface area is 148 Å². The number of aryl methyl sites for hydroxylation is 1. The van der Waals surface area contributed by atoms with Crippen LogP contribution in [0.2, 0.25) is 32.0 Å². The Morgan fingerprint density at radius 3 is 2.65 bits per heavy atom. The molecule has 0 N–H and O–H groups in total. The van der Waals surface area contributed by atoms with E-state index in [1.165, 1.54) is 0 Å². The van der Waals surface area contributed by atoms with Gasteiger partial charge in [-0.15, -0.1) is 0 Å². The number of hydrogen-bond donors (Lipinski definition) is 0. The zero-order valence-electron chi connectivity index (χ0n) is 14.3. The third-order valence-corrected chi connectivity index (χ3v) is 6.24. The van der Waals surface area contributed by atoms with Crippen molar-refractivity contribution in [3.05, 3.63) is 33.9 Å². The maximum atomic E-state index is 12.2. The molecule has 2 aromatic rings. The monoisotopic (exact) mass is 391 g/mol. The highest BCUT2D eigenvalue weighted by atomic mass is 79.9. The van der Waals surface area contributed by atoms with Crippen LogP contribution in [0.4, 0.5) is 0 Å². The van der Waals surface area contributed by atoms with Crippen LogP contribution in [-0.2, 0) is 11.5 Å². The number of Topliss-reactive ketones (excluding diaryl/α,β-unsaturated/α-hetero) is 1. The maximum absolute atomic E-state index is 12.2. The summed E-state index contributed by atoms with van der Waals surface area (Å²) in [5.74, 6) is -0.0519. The highest BCUT2D eigenvalue weighted by molar-refractivity contribution is 9.10. The van der Waals surface area contributed by atoms with E-state index in [-0.39, 0.29) is 12.1 Å². The summed E-state index contributed by atoms with van der Waals surface area (Å²) in [6.45, 7) is 10.3. The Morgan fingerprint density at radius 2 is 2.04 bits per heavy atom. The molecular formula is C17H23BBrNO2Si. The van der Waals surface area contributed by atoms with Crippen molar-refractivity contribution in [2.45, 2.75) is 45.7 Å². The second-order valence-electron chi connectivity index (χ2n) is 7.08. The van der Waals surface area contributed by atoms with E-state index in [2.05, 4.69) is 35.6 Å². The summed E-state index contributed by atoms with van der Waals surface area (Å²) in [5, 5.41) is 1.05. The zero-order valence-corrected chi connectivity index (χ0v) is 16.9. The molecule has 0 amide bonds. The molecule has 0 fully saturated rings. The van der Waals surface area contributed by atoms with Gasteiger partial charge in [0.05, 0.1) is 13.4 Å². The third kappa shape index (κ3) is 4.37. The smallest absolute Gasteiger partial charge is 0.156 e. The highest BCUT2D eigenvalue weighted by Gasteiger charge is 2.17. The summed E-state index contributed by atoms with van der Waals surface area (Å²) in [6, 6.07) is 4.87. The fourth-order valence-electron chi connectivity index (χ4n) is 2.58. The van der Waals surface area contributed by atoms with E-state index < -0.39 is 8.07 Å². The number of benzene rings is 1. The Kier molecular flexibility index (Phi) is 5.92. The van der Waals surface area contributed by atoms with E-state index in [1.807, 2.05) is 29.8 Å². The minimum absolute atomic E-state index is 0.0114. The van der Waals surface area contributed by atoms with Crippen molar-refractivity contribution in [2.75, 3.05) is 6.61 Å². The second kappa shape index (κ2) is 7.36. The first-order chi connectivity index (χ1) is 10.7. The maximum Gasteiger partial charge on any atom is 0.156 e. The van der Waals surface area contributed by atoms with Crippen LogP contribution in [0.5, 0.6) is 0 Å². The SMILES string of the molecule is [B]CC(=O)c1ccc(Br)c2c(C)cn(COCC[Si](C)(C)C)c12. The molecule has 0 saturated heterocycles. The largest absolute Gasteiger partial charge is 0.361 e. The van der Waals surface area contributed by atoms with Crippen LogP contribution in [0, 0.1) is 6.92 Å². The fourth-order valence-corrected chi connectivity index (χ4v) is 3.97. The molecule has 0 bridgehead atoms. The molecule has 2 rings (SSSR count). The quantitative estimate of drug-likeness (QED) is 0.385.